The maximum absolute atomic E-state index is 12.1. The first-order chi connectivity index (χ1) is 8.23. The Bertz CT molecular complexity index is 540. The van der Waals surface area contributed by atoms with E-state index >= 15 is 0 Å². The van der Waals surface area contributed by atoms with Crippen LogP contribution in [0.2, 0.25) is 5.02 Å². The fourth-order valence-corrected chi connectivity index (χ4v) is 3.80. The van der Waals surface area contributed by atoms with Crippen LogP contribution in [0.1, 0.15) is 20.3 Å². The number of benzene rings is 1. The van der Waals surface area contributed by atoms with Crippen molar-refractivity contribution in [2.45, 2.75) is 36.6 Å². The zero-order chi connectivity index (χ0) is 13.6. The average Bonchev–Trinajstić information content (AvgIpc) is 2.29. The lowest BCUT2D eigenvalue weighted by Crippen LogP contribution is -2.59. The Morgan fingerprint density at radius 3 is 2.28 bits per heavy atom. The van der Waals surface area contributed by atoms with Crippen LogP contribution in [0.15, 0.2) is 29.2 Å². The van der Waals surface area contributed by atoms with Crippen molar-refractivity contribution in [2.24, 2.45) is 5.41 Å². The van der Waals surface area contributed by atoms with E-state index in [-0.39, 0.29) is 21.7 Å². The fraction of sp³-hybridized carbons (Fsp3) is 0.500. The summed E-state index contributed by atoms with van der Waals surface area (Å²) < 4.78 is 27.0. The molecule has 0 aromatic heterocycles. The molecular formula is C12H15Cl2NO2S. The van der Waals surface area contributed by atoms with Crippen LogP contribution in [0.3, 0.4) is 0 Å². The minimum absolute atomic E-state index is 0.00965. The Morgan fingerprint density at radius 2 is 1.83 bits per heavy atom. The molecule has 2 rings (SSSR count). The highest BCUT2D eigenvalue weighted by molar-refractivity contribution is 7.89. The first kappa shape index (κ1) is 14.1. The van der Waals surface area contributed by atoms with E-state index in [1.165, 1.54) is 12.1 Å². The Kier molecular flexibility index (Phi) is 3.67. The van der Waals surface area contributed by atoms with E-state index in [9.17, 15) is 8.42 Å². The number of sulfonamides is 1. The van der Waals surface area contributed by atoms with Crippen LogP contribution < -0.4 is 4.72 Å². The Labute approximate surface area is 118 Å². The van der Waals surface area contributed by atoms with Crippen LogP contribution in [0.5, 0.6) is 0 Å². The Hall–Kier alpha value is -0.290. The fourth-order valence-electron chi connectivity index (χ4n) is 1.94. The van der Waals surface area contributed by atoms with E-state index in [4.69, 9.17) is 23.2 Å². The maximum atomic E-state index is 12.1. The molecule has 2 atom stereocenters. The van der Waals surface area contributed by atoms with Crippen LogP contribution in [-0.2, 0) is 10.0 Å². The SMILES string of the molecule is CC1(C)C(Cl)CC1NS(=O)(=O)c1ccc(Cl)cc1. The summed E-state index contributed by atoms with van der Waals surface area (Å²) in [6.07, 6.45) is 0.654. The number of halogens is 2. The average molecular weight is 308 g/mol. The summed E-state index contributed by atoms with van der Waals surface area (Å²) in [4.78, 5) is 0.223. The molecule has 0 spiro atoms. The molecule has 1 aliphatic carbocycles. The zero-order valence-electron chi connectivity index (χ0n) is 10.2. The van der Waals surface area contributed by atoms with Gasteiger partial charge in [-0.1, -0.05) is 25.4 Å². The molecule has 0 heterocycles. The zero-order valence-corrected chi connectivity index (χ0v) is 12.5. The number of rotatable bonds is 3. The molecule has 1 saturated carbocycles. The third kappa shape index (κ3) is 2.52. The van der Waals surface area contributed by atoms with E-state index in [0.717, 1.165) is 0 Å². The Balaban J connectivity index is 2.16. The van der Waals surface area contributed by atoms with Gasteiger partial charge in [0, 0.05) is 16.4 Å². The summed E-state index contributed by atoms with van der Waals surface area (Å²) in [5.74, 6) is 0. The third-order valence-corrected chi connectivity index (χ3v) is 6.05. The van der Waals surface area contributed by atoms with Gasteiger partial charge in [0.15, 0.2) is 0 Å². The molecular weight excluding hydrogens is 293 g/mol. The molecule has 6 heteroatoms. The van der Waals surface area contributed by atoms with Crippen molar-refractivity contribution in [2.75, 3.05) is 0 Å². The number of nitrogens with one attached hydrogen (secondary N) is 1. The van der Waals surface area contributed by atoms with Gasteiger partial charge < -0.3 is 0 Å². The molecule has 100 valence electrons. The predicted octanol–water partition coefficient (Wildman–Crippen LogP) is 3.02. The van der Waals surface area contributed by atoms with Crippen LogP contribution in [-0.4, -0.2) is 19.8 Å². The van der Waals surface area contributed by atoms with Crippen molar-refractivity contribution < 1.29 is 8.42 Å². The smallest absolute Gasteiger partial charge is 0.207 e. The molecule has 18 heavy (non-hydrogen) atoms. The molecule has 0 bridgehead atoms. The first-order valence-corrected chi connectivity index (χ1v) is 7.95. The van der Waals surface area contributed by atoms with Crippen LogP contribution in [0.25, 0.3) is 0 Å². The normalized spacial score (nSPS) is 26.7. The van der Waals surface area contributed by atoms with Crippen LogP contribution >= 0.6 is 23.2 Å². The summed E-state index contributed by atoms with van der Waals surface area (Å²) in [6.45, 7) is 3.92. The molecule has 2 unspecified atom stereocenters. The van der Waals surface area contributed by atoms with E-state index in [1.54, 1.807) is 12.1 Å². The molecule has 0 amide bonds. The van der Waals surface area contributed by atoms with Gasteiger partial charge in [0.25, 0.3) is 0 Å². The van der Waals surface area contributed by atoms with Crippen molar-refractivity contribution in [1.82, 2.24) is 4.72 Å². The number of hydrogen-bond donors (Lipinski definition) is 1. The highest BCUT2D eigenvalue weighted by atomic mass is 35.5. The van der Waals surface area contributed by atoms with Gasteiger partial charge in [-0.2, -0.15) is 0 Å². The lowest BCUT2D eigenvalue weighted by Gasteiger charge is -2.48. The highest BCUT2D eigenvalue weighted by Crippen LogP contribution is 2.44. The van der Waals surface area contributed by atoms with Crippen molar-refractivity contribution in [3.63, 3.8) is 0 Å². The first-order valence-electron chi connectivity index (χ1n) is 5.65. The number of alkyl halides is 1. The third-order valence-electron chi connectivity index (χ3n) is 3.57. The highest BCUT2D eigenvalue weighted by Gasteiger charge is 2.48. The molecule has 0 radical (unpaired) electrons. The van der Waals surface area contributed by atoms with Gasteiger partial charge in [-0.3, -0.25) is 0 Å². The van der Waals surface area contributed by atoms with Gasteiger partial charge in [-0.05, 0) is 36.1 Å². The summed E-state index contributed by atoms with van der Waals surface area (Å²) in [6, 6.07) is 5.99. The van der Waals surface area contributed by atoms with Gasteiger partial charge in [0.2, 0.25) is 10.0 Å². The van der Waals surface area contributed by atoms with E-state index in [2.05, 4.69) is 4.72 Å². The molecule has 0 aliphatic heterocycles. The largest absolute Gasteiger partial charge is 0.240 e. The molecule has 1 aromatic rings. The molecule has 1 fully saturated rings. The van der Waals surface area contributed by atoms with Crippen LogP contribution in [0.4, 0.5) is 0 Å². The van der Waals surface area contributed by atoms with Gasteiger partial charge in [-0.15, -0.1) is 11.6 Å². The minimum atomic E-state index is -3.50. The van der Waals surface area contributed by atoms with Gasteiger partial charge in [-0.25, -0.2) is 13.1 Å². The van der Waals surface area contributed by atoms with Crippen molar-refractivity contribution in [3.8, 4) is 0 Å². The van der Waals surface area contributed by atoms with Crippen molar-refractivity contribution in [3.05, 3.63) is 29.3 Å². The molecule has 0 saturated heterocycles. The lowest BCUT2D eigenvalue weighted by molar-refractivity contribution is 0.137. The summed E-state index contributed by atoms with van der Waals surface area (Å²) in [7, 11) is -3.50. The van der Waals surface area contributed by atoms with Crippen molar-refractivity contribution in [1.29, 1.82) is 0 Å². The Morgan fingerprint density at radius 1 is 1.28 bits per heavy atom. The monoisotopic (exact) mass is 307 g/mol. The summed E-state index contributed by atoms with van der Waals surface area (Å²) in [5.41, 5.74) is -0.221. The second-order valence-electron chi connectivity index (χ2n) is 5.15. The van der Waals surface area contributed by atoms with E-state index < -0.39 is 10.0 Å². The van der Waals surface area contributed by atoms with Gasteiger partial charge in [0.1, 0.15) is 0 Å². The predicted molar refractivity (Wildman–Crippen MR) is 73.6 cm³/mol. The molecule has 1 aromatic carbocycles. The number of hydrogen-bond acceptors (Lipinski definition) is 2. The van der Waals surface area contributed by atoms with E-state index in [1.807, 2.05) is 13.8 Å². The second kappa shape index (κ2) is 4.67. The summed E-state index contributed by atoms with van der Waals surface area (Å²) >= 11 is 11.8. The molecule has 1 N–H and O–H groups in total. The van der Waals surface area contributed by atoms with Crippen molar-refractivity contribution >= 4 is 33.2 Å². The standard InChI is InChI=1S/C12H15Cl2NO2S/c1-12(2)10(14)7-11(12)15-18(16,17)9-5-3-8(13)4-6-9/h3-6,10-11,15H,7H2,1-2H3. The summed E-state index contributed by atoms with van der Waals surface area (Å²) in [5, 5.41) is 0.522. The minimum Gasteiger partial charge on any atom is -0.207 e. The lowest BCUT2D eigenvalue weighted by atomic mass is 9.67. The molecule has 3 nitrogen and oxygen atoms in total. The van der Waals surface area contributed by atoms with Gasteiger partial charge in [0.05, 0.1) is 4.90 Å². The van der Waals surface area contributed by atoms with Gasteiger partial charge >= 0.3 is 0 Å². The second-order valence-corrected chi connectivity index (χ2v) is 7.83. The van der Waals surface area contributed by atoms with E-state index in [0.29, 0.717) is 11.4 Å². The van der Waals surface area contributed by atoms with Crippen LogP contribution in [0, 0.1) is 5.41 Å². The quantitative estimate of drug-likeness (QED) is 0.873. The molecule has 1 aliphatic rings. The topological polar surface area (TPSA) is 46.2 Å². The maximum Gasteiger partial charge on any atom is 0.240 e.